The van der Waals surface area contributed by atoms with Gasteiger partial charge >= 0.3 is 5.97 Å². The molecule has 0 spiro atoms. The van der Waals surface area contributed by atoms with E-state index in [1.54, 1.807) is 13.8 Å². The largest absolute Gasteiger partial charge is 0.464 e. The van der Waals surface area contributed by atoms with E-state index in [-0.39, 0.29) is 5.97 Å². The highest BCUT2D eigenvalue weighted by Gasteiger charge is 2.13. The molecule has 90 valence electrons. The van der Waals surface area contributed by atoms with Gasteiger partial charge in [0.1, 0.15) is 6.04 Å². The quantitative estimate of drug-likeness (QED) is 0.849. The summed E-state index contributed by atoms with van der Waals surface area (Å²) in [5, 5.41) is 3.07. The number of thiazole rings is 1. The van der Waals surface area contributed by atoms with Gasteiger partial charge < -0.3 is 10.1 Å². The average Bonchev–Trinajstić information content (AvgIpc) is 2.68. The number of carbonyl (C=O) groups is 1. The fourth-order valence-electron chi connectivity index (χ4n) is 1.48. The molecule has 0 aliphatic heterocycles. The maximum atomic E-state index is 11.5. The number of hydrogen-bond donors (Lipinski definition) is 1. The Hall–Kier alpha value is -1.62. The fourth-order valence-corrected chi connectivity index (χ4v) is 2.12. The normalized spacial score (nSPS) is 13.2. The summed E-state index contributed by atoms with van der Waals surface area (Å²) in [6.07, 6.45) is 0. The van der Waals surface area contributed by atoms with Crippen molar-refractivity contribution < 1.29 is 10.9 Å². The molecule has 1 N–H and O–H groups in total. The van der Waals surface area contributed by atoms with Crippen LogP contribution in [0.1, 0.15) is 15.2 Å². The summed E-state index contributed by atoms with van der Waals surface area (Å²) in [6.45, 7) is 3.91. The maximum Gasteiger partial charge on any atom is 0.328 e. The highest BCUT2D eigenvalue weighted by atomic mass is 32.1. The van der Waals surface area contributed by atoms with E-state index in [0.717, 1.165) is 15.9 Å². The Morgan fingerprint density at radius 2 is 2.53 bits per heavy atom. The lowest BCUT2D eigenvalue weighted by molar-refractivity contribution is -0.143. The fraction of sp³-hybridized carbons (Fsp3) is 0.333. The first-order valence-electron chi connectivity index (χ1n) is 5.90. The SMILES string of the molecule is [2H]c1nc2ccc(N[C@@H](C)C(=O)OCC)cc2s1. The molecule has 4 nitrogen and oxygen atoms in total. The maximum absolute atomic E-state index is 11.5. The zero-order valence-corrected chi connectivity index (χ0v) is 10.5. The van der Waals surface area contributed by atoms with Gasteiger partial charge in [0, 0.05) is 5.69 Å². The Bertz CT molecular complexity index is 570. The van der Waals surface area contributed by atoms with Crippen LogP contribution >= 0.6 is 11.3 Å². The van der Waals surface area contributed by atoms with Gasteiger partial charge in [0.05, 0.1) is 23.7 Å². The van der Waals surface area contributed by atoms with Crippen LogP contribution in [0.3, 0.4) is 0 Å². The van der Waals surface area contributed by atoms with E-state index in [9.17, 15) is 4.79 Å². The second-order valence-electron chi connectivity index (χ2n) is 3.61. The van der Waals surface area contributed by atoms with Crippen molar-refractivity contribution in [2.45, 2.75) is 19.9 Å². The summed E-state index contributed by atoms with van der Waals surface area (Å²) in [5.74, 6) is -0.275. The van der Waals surface area contributed by atoms with Crippen molar-refractivity contribution in [3.8, 4) is 0 Å². The summed E-state index contributed by atoms with van der Waals surface area (Å²) < 4.78 is 13.3. The zero-order chi connectivity index (χ0) is 13.1. The van der Waals surface area contributed by atoms with Crippen molar-refractivity contribution in [1.29, 1.82) is 0 Å². The molecule has 0 fully saturated rings. The minimum atomic E-state index is -0.397. The van der Waals surface area contributed by atoms with Gasteiger partial charge in [-0.05, 0) is 32.0 Å². The number of carbonyl (C=O) groups excluding carboxylic acids is 1. The lowest BCUT2D eigenvalue weighted by Crippen LogP contribution is -2.28. The standard InChI is InChI=1S/C12H14N2O2S/c1-3-16-12(15)8(2)14-9-4-5-10-11(6-9)17-7-13-10/h4-8,14H,3H2,1-2H3/t8-/m0/s1/i7D. The lowest BCUT2D eigenvalue weighted by Gasteiger charge is -2.13. The Labute approximate surface area is 105 Å². The van der Waals surface area contributed by atoms with Crippen LogP contribution in [0.15, 0.2) is 23.7 Å². The van der Waals surface area contributed by atoms with Crippen molar-refractivity contribution in [2.24, 2.45) is 0 Å². The molecule has 2 aromatic rings. The van der Waals surface area contributed by atoms with Crippen molar-refractivity contribution >= 4 is 33.2 Å². The Kier molecular flexibility index (Phi) is 3.18. The number of nitrogens with one attached hydrogen (secondary N) is 1. The van der Waals surface area contributed by atoms with Gasteiger partial charge in [-0.1, -0.05) is 0 Å². The molecule has 5 heteroatoms. The third kappa shape index (κ3) is 2.74. The molecule has 1 atom stereocenters. The van der Waals surface area contributed by atoms with Crippen LogP contribution in [0, 0.1) is 0 Å². The first-order valence-corrected chi connectivity index (χ1v) is 6.22. The summed E-state index contributed by atoms with van der Waals surface area (Å²) in [4.78, 5) is 15.6. The van der Waals surface area contributed by atoms with Gasteiger partial charge in [-0.15, -0.1) is 11.3 Å². The van der Waals surface area contributed by atoms with Crippen LogP contribution in [-0.4, -0.2) is 23.6 Å². The number of benzene rings is 1. The average molecular weight is 251 g/mol. The minimum Gasteiger partial charge on any atom is -0.464 e. The monoisotopic (exact) mass is 251 g/mol. The Morgan fingerprint density at radius 1 is 1.71 bits per heavy atom. The van der Waals surface area contributed by atoms with Crippen molar-refractivity contribution in [3.05, 3.63) is 23.7 Å². The van der Waals surface area contributed by atoms with Gasteiger partial charge in [-0.25, -0.2) is 9.78 Å². The second-order valence-corrected chi connectivity index (χ2v) is 4.43. The van der Waals surface area contributed by atoms with Gasteiger partial charge in [-0.3, -0.25) is 0 Å². The molecule has 0 bridgehead atoms. The van der Waals surface area contributed by atoms with E-state index in [4.69, 9.17) is 6.11 Å². The molecule has 1 heterocycles. The predicted octanol–water partition coefficient (Wildman–Crippen LogP) is 2.66. The number of hydrogen-bond acceptors (Lipinski definition) is 5. The summed E-state index contributed by atoms with van der Waals surface area (Å²) in [7, 11) is 0. The molecule has 0 saturated carbocycles. The van der Waals surface area contributed by atoms with E-state index in [0.29, 0.717) is 12.1 Å². The minimum absolute atomic E-state index is 0.275. The highest BCUT2D eigenvalue weighted by molar-refractivity contribution is 7.16. The van der Waals surface area contributed by atoms with Crippen LogP contribution in [-0.2, 0) is 9.53 Å². The molecule has 0 radical (unpaired) electrons. The molecule has 0 saturated heterocycles. The Morgan fingerprint density at radius 3 is 3.29 bits per heavy atom. The molecular formula is C12H14N2O2S. The van der Waals surface area contributed by atoms with Crippen LogP contribution in [0.4, 0.5) is 5.69 Å². The van der Waals surface area contributed by atoms with E-state index in [1.807, 2.05) is 18.2 Å². The lowest BCUT2D eigenvalue weighted by atomic mass is 10.2. The van der Waals surface area contributed by atoms with Crippen LogP contribution < -0.4 is 5.32 Å². The van der Waals surface area contributed by atoms with Gasteiger partial charge in [-0.2, -0.15) is 0 Å². The molecule has 1 aromatic heterocycles. The summed E-state index contributed by atoms with van der Waals surface area (Å²) in [6, 6.07) is 5.17. The molecule has 17 heavy (non-hydrogen) atoms. The topological polar surface area (TPSA) is 51.2 Å². The van der Waals surface area contributed by atoms with E-state index >= 15 is 0 Å². The van der Waals surface area contributed by atoms with Crippen LogP contribution in [0.25, 0.3) is 10.2 Å². The third-order valence-corrected chi connectivity index (χ3v) is 3.03. The predicted molar refractivity (Wildman–Crippen MR) is 69.3 cm³/mol. The third-order valence-electron chi connectivity index (χ3n) is 2.30. The van der Waals surface area contributed by atoms with Crippen molar-refractivity contribution in [3.63, 3.8) is 0 Å². The van der Waals surface area contributed by atoms with E-state index < -0.39 is 6.04 Å². The van der Waals surface area contributed by atoms with Crippen LogP contribution in [0.5, 0.6) is 0 Å². The molecule has 0 aliphatic rings. The Balaban J connectivity index is 2.13. The van der Waals surface area contributed by atoms with E-state index in [2.05, 4.69) is 10.3 Å². The van der Waals surface area contributed by atoms with Crippen molar-refractivity contribution in [2.75, 3.05) is 11.9 Å². The van der Waals surface area contributed by atoms with Gasteiger partial charge in [0.15, 0.2) is 0 Å². The van der Waals surface area contributed by atoms with Gasteiger partial charge in [0.25, 0.3) is 0 Å². The smallest absolute Gasteiger partial charge is 0.328 e. The molecule has 0 aliphatic carbocycles. The molecule has 1 aromatic carbocycles. The summed E-state index contributed by atoms with van der Waals surface area (Å²) >= 11 is 1.31. The second kappa shape index (κ2) is 5.14. The molecule has 0 unspecified atom stereocenters. The highest BCUT2D eigenvalue weighted by Crippen LogP contribution is 2.22. The van der Waals surface area contributed by atoms with Gasteiger partial charge in [0.2, 0.25) is 0 Å². The van der Waals surface area contributed by atoms with Crippen molar-refractivity contribution in [1.82, 2.24) is 4.98 Å². The zero-order valence-electron chi connectivity index (χ0n) is 10.7. The first kappa shape index (κ1) is 10.5. The van der Waals surface area contributed by atoms with E-state index in [1.165, 1.54) is 11.3 Å². The first-order chi connectivity index (χ1) is 8.60. The number of ether oxygens (including phenoxy) is 1. The number of rotatable bonds is 4. The summed E-state index contributed by atoms with van der Waals surface area (Å²) in [5.41, 5.74) is 1.92. The van der Waals surface area contributed by atoms with Crippen LogP contribution in [0.2, 0.25) is 0 Å². The molecule has 0 amide bonds. The number of nitrogens with zero attached hydrogens (tertiary/aromatic N) is 1. The number of esters is 1. The molecule has 2 rings (SSSR count). The number of fused-ring (bicyclic) bond motifs is 1. The number of aromatic nitrogens is 1. The number of anilines is 1. The molecular weight excluding hydrogens is 236 g/mol.